The van der Waals surface area contributed by atoms with Crippen LogP contribution < -0.4 is 43.8 Å². The highest BCUT2D eigenvalue weighted by Crippen LogP contribution is 2.20. The molecule has 0 bridgehead atoms. The zero-order chi connectivity index (χ0) is 46.8. The number of aliphatic imine (C=N–C) groups is 1. The van der Waals surface area contributed by atoms with Gasteiger partial charge in [-0.15, -0.1) is 0 Å². The van der Waals surface area contributed by atoms with Gasteiger partial charge < -0.3 is 63.5 Å². The van der Waals surface area contributed by atoms with Crippen LogP contribution in [0.3, 0.4) is 0 Å². The highest BCUT2D eigenvalue weighted by atomic mass is 16.3. The molecule has 0 saturated carbocycles. The molecule has 0 unspecified atom stereocenters. The Morgan fingerprint density at radius 2 is 1.47 bits per heavy atom. The maximum atomic E-state index is 14.5. The van der Waals surface area contributed by atoms with Crippen molar-refractivity contribution >= 4 is 41.4 Å². The van der Waals surface area contributed by atoms with Crippen LogP contribution in [0.2, 0.25) is 0 Å². The van der Waals surface area contributed by atoms with Crippen molar-refractivity contribution in [2.45, 2.75) is 109 Å². The Morgan fingerprint density at radius 3 is 2.11 bits per heavy atom. The van der Waals surface area contributed by atoms with E-state index in [1.807, 2.05) is 48.7 Å². The number of carbonyl (C=O) groups is 6. The molecule has 6 atom stereocenters. The molecule has 13 N–H and O–H groups in total. The van der Waals surface area contributed by atoms with Crippen molar-refractivity contribution in [3.63, 3.8) is 0 Å². The number of benzene rings is 2. The number of phenolic OH excluding ortho intramolecular Hbond substituents is 1. The van der Waals surface area contributed by atoms with Gasteiger partial charge in [-0.25, -0.2) is 4.98 Å². The summed E-state index contributed by atoms with van der Waals surface area (Å²) < 4.78 is 1.82. The van der Waals surface area contributed by atoms with Crippen LogP contribution in [0.25, 0.3) is 0 Å². The molecule has 64 heavy (non-hydrogen) atoms. The number of aromatic nitrogens is 2. The van der Waals surface area contributed by atoms with Gasteiger partial charge in [0.15, 0.2) is 5.96 Å². The maximum Gasteiger partial charge on any atom is 0.245 e. The van der Waals surface area contributed by atoms with Crippen molar-refractivity contribution in [2.24, 2.45) is 28.1 Å². The monoisotopic (exact) mass is 888 g/mol. The van der Waals surface area contributed by atoms with Crippen LogP contribution in [-0.2, 0) is 48.2 Å². The van der Waals surface area contributed by atoms with Gasteiger partial charge in [0.1, 0.15) is 42.0 Å². The third kappa shape index (κ3) is 15.7. The minimum absolute atomic E-state index is 0.0132. The first-order valence-electron chi connectivity index (χ1n) is 21.6. The largest absolute Gasteiger partial charge is 0.508 e. The number of aromatic hydroxyl groups is 1. The van der Waals surface area contributed by atoms with Gasteiger partial charge in [-0.05, 0) is 68.2 Å². The topological polar surface area (TPSA) is 315 Å². The normalized spacial score (nSPS) is 15.8. The Morgan fingerprint density at radius 1 is 0.844 bits per heavy atom. The first kappa shape index (κ1) is 50.1. The summed E-state index contributed by atoms with van der Waals surface area (Å²) in [6, 6.07) is 8.62. The molecule has 1 aliphatic rings. The van der Waals surface area contributed by atoms with E-state index < -0.39 is 72.4 Å². The second-order valence-electron chi connectivity index (χ2n) is 16.3. The summed E-state index contributed by atoms with van der Waals surface area (Å²) in [5.41, 5.74) is 18.8. The minimum atomic E-state index is -1.35. The van der Waals surface area contributed by atoms with Crippen molar-refractivity contribution in [1.29, 1.82) is 0 Å². The van der Waals surface area contributed by atoms with Gasteiger partial charge in [-0.2, -0.15) is 0 Å². The summed E-state index contributed by atoms with van der Waals surface area (Å²) >= 11 is 0. The summed E-state index contributed by atoms with van der Waals surface area (Å²) in [4.78, 5) is 92.9. The molecule has 20 nitrogen and oxygen atoms in total. The molecule has 0 aliphatic carbocycles. The smallest absolute Gasteiger partial charge is 0.245 e. The average Bonchev–Trinajstić information content (AvgIpc) is 3.94. The number of phenols is 1. The van der Waals surface area contributed by atoms with Crippen molar-refractivity contribution in [3.05, 3.63) is 83.9 Å². The summed E-state index contributed by atoms with van der Waals surface area (Å²) in [6.07, 6.45) is 4.76. The molecule has 1 aromatic heterocycles. The van der Waals surface area contributed by atoms with Crippen molar-refractivity contribution in [1.82, 2.24) is 41.0 Å². The van der Waals surface area contributed by atoms with Crippen LogP contribution in [0.15, 0.2) is 72.1 Å². The van der Waals surface area contributed by atoms with E-state index in [1.54, 1.807) is 31.6 Å². The van der Waals surface area contributed by atoms with E-state index in [9.17, 15) is 39.0 Å². The van der Waals surface area contributed by atoms with Crippen LogP contribution in [0.5, 0.6) is 5.75 Å². The molecule has 1 fully saturated rings. The quantitative estimate of drug-likeness (QED) is 0.0292. The van der Waals surface area contributed by atoms with Crippen LogP contribution >= 0.6 is 0 Å². The number of amides is 6. The fraction of sp³-hybridized carbons (Fsp3) is 0.500. The number of nitrogens with one attached hydrogen (secondary N) is 5. The van der Waals surface area contributed by atoms with E-state index >= 15 is 0 Å². The number of nitrogens with zero attached hydrogens (tertiary/aromatic N) is 4. The lowest BCUT2D eigenvalue weighted by Crippen LogP contribution is -2.60. The molecule has 0 spiro atoms. The number of hydrogen-bond acceptors (Lipinski definition) is 11. The Labute approximate surface area is 373 Å². The number of likely N-dealkylation sites (tertiary alicyclic amines) is 1. The Hall–Kier alpha value is -6.54. The molecule has 2 aromatic carbocycles. The molecular weight excluding hydrogens is 825 g/mol. The number of imidazole rings is 1. The Kier molecular flexibility index (Phi) is 19.5. The fourth-order valence-electron chi connectivity index (χ4n) is 7.33. The molecule has 3 aromatic rings. The zero-order valence-electron chi connectivity index (χ0n) is 36.7. The first-order chi connectivity index (χ1) is 30.6. The zero-order valence-corrected chi connectivity index (χ0v) is 36.7. The van der Waals surface area contributed by atoms with Crippen LogP contribution in [0, 0.1) is 5.92 Å². The molecule has 348 valence electrons. The molecule has 1 saturated heterocycles. The number of hydrogen-bond donors (Lipinski definition) is 10. The van der Waals surface area contributed by atoms with Gasteiger partial charge in [0.2, 0.25) is 35.4 Å². The first-order valence-corrected chi connectivity index (χ1v) is 21.6. The average molecular weight is 889 g/mol. The molecule has 20 heteroatoms. The highest BCUT2D eigenvalue weighted by Gasteiger charge is 2.39. The number of aliphatic hydroxyl groups excluding tert-OH is 1. The number of likely N-dealkylation sites (N-methyl/N-ethyl adjacent to an activating group) is 1. The van der Waals surface area contributed by atoms with Gasteiger partial charge in [0, 0.05) is 45.2 Å². The van der Waals surface area contributed by atoms with Crippen LogP contribution in [-0.4, -0.2) is 129 Å². The summed E-state index contributed by atoms with van der Waals surface area (Å²) in [5.74, 6) is -4.03. The van der Waals surface area contributed by atoms with Crippen LogP contribution in [0.4, 0.5) is 0 Å². The van der Waals surface area contributed by atoms with Crippen molar-refractivity contribution < 1.29 is 39.0 Å². The number of guanidine groups is 1. The SMILES string of the molecule is CCNC(=O)[C@@H]1CCCN1C(=O)[C@H](CCCN=C(N)N)NC(=O)[C@H](CC(C)C)NC(=O)[C@@H](Cc1cn(Cc2ccccc2)cn1)NC(=O)[C@H](Cc1ccc(O)cc1)NC(=O)[C@H](N)CO. The maximum absolute atomic E-state index is 14.5. The second kappa shape index (κ2) is 24.9. The fourth-order valence-corrected chi connectivity index (χ4v) is 7.33. The molecule has 2 heterocycles. The second-order valence-corrected chi connectivity index (χ2v) is 16.3. The van der Waals surface area contributed by atoms with Crippen molar-refractivity contribution in [3.8, 4) is 5.75 Å². The van der Waals surface area contributed by atoms with Crippen molar-refractivity contribution in [2.75, 3.05) is 26.2 Å². The van der Waals surface area contributed by atoms with E-state index in [-0.39, 0.29) is 55.8 Å². The Balaban J connectivity index is 1.63. The molecule has 0 radical (unpaired) electrons. The number of nitrogens with two attached hydrogens (primary N) is 3. The minimum Gasteiger partial charge on any atom is -0.508 e. The van der Waals surface area contributed by atoms with Gasteiger partial charge in [0.05, 0.1) is 18.6 Å². The number of rotatable bonds is 24. The predicted molar refractivity (Wildman–Crippen MR) is 239 cm³/mol. The molecule has 6 amide bonds. The summed E-state index contributed by atoms with van der Waals surface area (Å²) in [5, 5.41) is 33.1. The van der Waals surface area contributed by atoms with Gasteiger partial charge in [-0.3, -0.25) is 33.8 Å². The molecule has 4 rings (SSSR count). The Bertz CT molecular complexity index is 2040. The third-order valence-electron chi connectivity index (χ3n) is 10.6. The van der Waals surface area contributed by atoms with Crippen LogP contribution in [0.1, 0.15) is 69.7 Å². The van der Waals surface area contributed by atoms with E-state index in [0.29, 0.717) is 50.2 Å². The van der Waals surface area contributed by atoms with Gasteiger partial charge in [0.25, 0.3) is 0 Å². The third-order valence-corrected chi connectivity index (χ3v) is 10.6. The van der Waals surface area contributed by atoms with Gasteiger partial charge in [-0.1, -0.05) is 56.3 Å². The van der Waals surface area contributed by atoms with Gasteiger partial charge >= 0.3 is 0 Å². The summed E-state index contributed by atoms with van der Waals surface area (Å²) in [6.45, 7) is 6.17. The number of aliphatic hydroxyl groups is 1. The lowest BCUT2D eigenvalue weighted by molar-refractivity contribution is -0.142. The molecular formula is C44H64N12O8. The summed E-state index contributed by atoms with van der Waals surface area (Å²) in [7, 11) is 0. The predicted octanol–water partition coefficient (Wildman–Crippen LogP) is -1.09. The highest BCUT2D eigenvalue weighted by molar-refractivity contribution is 5.97. The standard InChI is InChI=1S/C44H64N12O8/c1-4-48-42(63)37-13-9-19-56(37)43(64)33(12-8-18-49-44(46)47)51-39(60)34(20-27(2)3)53-41(62)36(22-30-24-55(26-50-30)23-29-10-6-5-7-11-29)54-40(61)35(52-38(59)32(45)25-57)21-28-14-16-31(58)17-15-28/h5-7,10-11,14-17,24,26-27,32-37,57-58H,4,8-9,12-13,18-23,25,45H2,1-3H3,(H,48,63)(H,51,60)(H,52,59)(H,53,62)(H,54,61)(H4,46,47,49)/t32-,33+,34+,35+,36-,37+/m1/s1. The lowest BCUT2D eigenvalue weighted by Gasteiger charge is -2.30. The van der Waals surface area contributed by atoms with E-state index in [4.69, 9.17) is 17.2 Å². The van der Waals surface area contributed by atoms with E-state index in [0.717, 1.165) is 5.56 Å². The molecule has 1 aliphatic heterocycles. The lowest BCUT2D eigenvalue weighted by atomic mass is 10.0. The van der Waals surface area contributed by atoms with E-state index in [1.165, 1.54) is 17.0 Å². The number of carbonyl (C=O) groups excluding carboxylic acids is 6. The van der Waals surface area contributed by atoms with E-state index in [2.05, 4.69) is 36.6 Å².